The number of hydrogen-bond acceptors (Lipinski definition) is 6. The summed E-state index contributed by atoms with van der Waals surface area (Å²) in [4.78, 5) is 24.1. The van der Waals surface area contributed by atoms with Crippen LogP contribution in [0.4, 0.5) is 5.13 Å². The van der Waals surface area contributed by atoms with Gasteiger partial charge in [0.1, 0.15) is 0 Å². The summed E-state index contributed by atoms with van der Waals surface area (Å²) in [5.41, 5.74) is 0. The number of ether oxygens (including phenoxy) is 1. The molecule has 0 aromatic carbocycles. The Kier molecular flexibility index (Phi) is 2.91. The van der Waals surface area contributed by atoms with Crippen LogP contribution in [0.15, 0.2) is 6.20 Å². The normalized spacial score (nSPS) is 9.62. The Morgan fingerprint density at radius 1 is 1.85 bits per heavy atom. The van der Waals surface area contributed by atoms with Gasteiger partial charge in [0, 0.05) is 0 Å². The third kappa shape index (κ3) is 2.22. The van der Waals surface area contributed by atoms with Crippen LogP contribution in [0.2, 0.25) is 0 Å². The fourth-order valence-corrected chi connectivity index (χ4v) is 1.27. The number of hydrogen-bond donors (Lipinski definition) is 0. The minimum Gasteiger partial charge on any atom is -0.462 e. The molecule has 0 aliphatic rings. The van der Waals surface area contributed by atoms with Crippen molar-refractivity contribution in [2.24, 2.45) is 0 Å². The van der Waals surface area contributed by atoms with E-state index < -0.39 is 10.9 Å². The van der Waals surface area contributed by atoms with Crippen molar-refractivity contribution in [2.75, 3.05) is 6.61 Å². The summed E-state index contributed by atoms with van der Waals surface area (Å²) in [5, 5.41) is 9.89. The molecule has 0 saturated carbocycles. The predicted molar refractivity (Wildman–Crippen MR) is 44.7 cm³/mol. The maximum atomic E-state index is 11.0. The van der Waals surface area contributed by atoms with Crippen molar-refractivity contribution in [3.8, 4) is 0 Å². The van der Waals surface area contributed by atoms with Crippen LogP contribution < -0.4 is 0 Å². The highest BCUT2D eigenvalue weighted by Gasteiger charge is 2.18. The van der Waals surface area contributed by atoms with E-state index in [9.17, 15) is 14.9 Å². The second kappa shape index (κ2) is 3.94. The van der Waals surface area contributed by atoms with E-state index in [4.69, 9.17) is 0 Å². The summed E-state index contributed by atoms with van der Waals surface area (Å²) in [6.45, 7) is 1.90. The highest BCUT2D eigenvalue weighted by atomic mass is 32.1. The van der Waals surface area contributed by atoms with E-state index in [1.54, 1.807) is 6.92 Å². The van der Waals surface area contributed by atoms with Crippen LogP contribution in [0.5, 0.6) is 0 Å². The van der Waals surface area contributed by atoms with Gasteiger partial charge in [-0.25, -0.2) is 4.79 Å². The maximum absolute atomic E-state index is 11.0. The number of carbonyl (C=O) groups excluding carboxylic acids is 1. The van der Waals surface area contributed by atoms with Gasteiger partial charge in [0.2, 0.25) is 0 Å². The fourth-order valence-electron chi connectivity index (χ4n) is 0.646. The Labute approximate surface area is 77.3 Å². The molecule has 1 rings (SSSR count). The molecule has 0 aliphatic heterocycles. The van der Waals surface area contributed by atoms with Gasteiger partial charge in [-0.1, -0.05) is 0 Å². The molecule has 0 radical (unpaired) electrons. The second-order valence-corrected chi connectivity index (χ2v) is 2.99. The third-order valence-corrected chi connectivity index (χ3v) is 2.06. The monoisotopic (exact) mass is 202 g/mol. The molecule has 0 amide bonds. The minimum absolute atomic E-state index is 0.147. The average molecular weight is 202 g/mol. The van der Waals surface area contributed by atoms with Crippen LogP contribution in [-0.4, -0.2) is 22.5 Å². The van der Waals surface area contributed by atoms with Crippen molar-refractivity contribution in [2.45, 2.75) is 6.92 Å². The van der Waals surface area contributed by atoms with Crippen LogP contribution in [0.3, 0.4) is 0 Å². The van der Waals surface area contributed by atoms with Gasteiger partial charge in [-0.3, -0.25) is 0 Å². The van der Waals surface area contributed by atoms with E-state index in [-0.39, 0.29) is 16.6 Å². The smallest absolute Gasteiger partial charge is 0.424 e. The van der Waals surface area contributed by atoms with E-state index in [1.165, 1.54) is 0 Å². The van der Waals surface area contributed by atoms with Crippen molar-refractivity contribution < 1.29 is 14.5 Å². The first-order valence-corrected chi connectivity index (χ1v) is 4.24. The predicted octanol–water partition coefficient (Wildman–Crippen LogP) is 1.23. The second-order valence-electron chi connectivity index (χ2n) is 1.98. The standard InChI is InChI=1S/C6H6N2O4S/c1-2-12-5(9)4-3-7-6(13-4)8(10)11/h3H,2H2,1H3. The van der Waals surface area contributed by atoms with Crippen LogP contribution in [-0.2, 0) is 4.74 Å². The molecule has 0 N–H and O–H groups in total. The summed E-state index contributed by atoms with van der Waals surface area (Å²) in [5.74, 6) is -0.576. The Morgan fingerprint density at radius 3 is 3.00 bits per heavy atom. The Hall–Kier alpha value is -1.50. The molecule has 0 atom stereocenters. The summed E-state index contributed by atoms with van der Waals surface area (Å²) in [6.07, 6.45) is 1.14. The SMILES string of the molecule is CCOC(=O)c1cnc([N+](=O)[O-])s1. The van der Waals surface area contributed by atoms with Gasteiger partial charge in [-0.05, 0) is 28.2 Å². The third-order valence-electron chi connectivity index (χ3n) is 1.13. The molecule has 0 unspecified atom stereocenters. The largest absolute Gasteiger partial charge is 0.462 e. The van der Waals surface area contributed by atoms with Crippen molar-refractivity contribution in [1.82, 2.24) is 4.98 Å². The summed E-state index contributed by atoms with van der Waals surface area (Å²) >= 11 is 0.704. The van der Waals surface area contributed by atoms with Crippen LogP contribution in [0.1, 0.15) is 16.6 Å². The summed E-state index contributed by atoms with van der Waals surface area (Å²) in [6, 6.07) is 0. The van der Waals surface area contributed by atoms with Crippen molar-refractivity contribution >= 4 is 22.4 Å². The zero-order valence-electron chi connectivity index (χ0n) is 6.72. The van der Waals surface area contributed by atoms with Crippen molar-refractivity contribution in [3.63, 3.8) is 0 Å². The molecule has 0 aliphatic carbocycles. The zero-order chi connectivity index (χ0) is 9.84. The van der Waals surface area contributed by atoms with Crippen LogP contribution in [0, 0.1) is 10.1 Å². The quantitative estimate of drug-likeness (QED) is 0.418. The molecule has 1 aromatic heterocycles. The first kappa shape index (κ1) is 9.59. The lowest BCUT2D eigenvalue weighted by Gasteiger charge is -1.94. The van der Waals surface area contributed by atoms with Gasteiger partial charge in [0.15, 0.2) is 11.1 Å². The molecule has 13 heavy (non-hydrogen) atoms. The number of thiazole rings is 1. The highest BCUT2D eigenvalue weighted by Crippen LogP contribution is 2.20. The van der Waals surface area contributed by atoms with Crippen LogP contribution >= 0.6 is 11.3 Å². The molecule has 1 heterocycles. The van der Waals surface area contributed by atoms with E-state index in [0.717, 1.165) is 6.20 Å². The zero-order valence-corrected chi connectivity index (χ0v) is 7.54. The number of nitrogens with zero attached hydrogens (tertiary/aromatic N) is 2. The molecule has 1 aromatic rings. The molecule has 6 nitrogen and oxygen atoms in total. The van der Waals surface area contributed by atoms with Gasteiger partial charge in [0.05, 0.1) is 6.61 Å². The van der Waals surface area contributed by atoms with E-state index in [0.29, 0.717) is 11.3 Å². The van der Waals surface area contributed by atoms with Gasteiger partial charge >= 0.3 is 11.1 Å². The first-order chi connectivity index (χ1) is 6.15. The molecule has 0 saturated heterocycles. The number of aromatic nitrogens is 1. The number of esters is 1. The molecule has 0 bridgehead atoms. The van der Waals surface area contributed by atoms with Gasteiger partial charge < -0.3 is 14.9 Å². The molecular formula is C6H6N2O4S. The van der Waals surface area contributed by atoms with E-state index in [1.807, 2.05) is 0 Å². The fraction of sp³-hybridized carbons (Fsp3) is 0.333. The molecule has 70 valence electrons. The Morgan fingerprint density at radius 2 is 2.54 bits per heavy atom. The van der Waals surface area contributed by atoms with E-state index >= 15 is 0 Å². The minimum atomic E-state index is -0.645. The summed E-state index contributed by atoms with van der Waals surface area (Å²) < 4.78 is 4.63. The van der Waals surface area contributed by atoms with Crippen molar-refractivity contribution in [3.05, 3.63) is 21.2 Å². The Balaban J connectivity index is 2.79. The number of carbonyl (C=O) groups is 1. The molecular weight excluding hydrogens is 196 g/mol. The average Bonchev–Trinajstić information content (AvgIpc) is 2.52. The van der Waals surface area contributed by atoms with Crippen molar-refractivity contribution in [1.29, 1.82) is 0 Å². The number of nitro groups is 1. The Bertz CT molecular complexity index is 335. The van der Waals surface area contributed by atoms with E-state index in [2.05, 4.69) is 9.72 Å². The topological polar surface area (TPSA) is 82.3 Å². The lowest BCUT2D eigenvalue weighted by molar-refractivity contribution is -0.384. The molecule has 0 spiro atoms. The summed E-state index contributed by atoms with van der Waals surface area (Å²) in [7, 11) is 0. The molecule has 7 heteroatoms. The molecule has 0 fully saturated rings. The lowest BCUT2D eigenvalue weighted by Crippen LogP contribution is -2.01. The number of rotatable bonds is 3. The van der Waals surface area contributed by atoms with Gasteiger partial charge in [-0.2, -0.15) is 0 Å². The first-order valence-electron chi connectivity index (χ1n) is 3.42. The van der Waals surface area contributed by atoms with Gasteiger partial charge in [0.25, 0.3) is 0 Å². The van der Waals surface area contributed by atoms with Gasteiger partial charge in [-0.15, -0.1) is 0 Å². The van der Waals surface area contributed by atoms with Crippen LogP contribution in [0.25, 0.3) is 0 Å². The maximum Gasteiger partial charge on any atom is 0.424 e. The lowest BCUT2D eigenvalue weighted by atomic mass is 10.6. The highest BCUT2D eigenvalue weighted by molar-refractivity contribution is 7.16.